The van der Waals surface area contributed by atoms with Crippen molar-refractivity contribution >= 4 is 41.5 Å². The molecule has 6 heteroatoms. The molecule has 1 aromatic carbocycles. The van der Waals surface area contributed by atoms with E-state index in [1.54, 1.807) is 0 Å². The molecule has 2 aliphatic rings. The quantitative estimate of drug-likeness (QED) is 0.398. The number of rotatable bonds is 5. The second kappa shape index (κ2) is 9.42. The van der Waals surface area contributed by atoms with E-state index in [-0.39, 0.29) is 24.0 Å². The molecule has 0 radical (unpaired) electrons. The van der Waals surface area contributed by atoms with Crippen LogP contribution < -0.4 is 5.32 Å². The fraction of sp³-hybridized carbons (Fsp3) is 0.632. The van der Waals surface area contributed by atoms with Gasteiger partial charge >= 0.3 is 0 Å². The van der Waals surface area contributed by atoms with Crippen LogP contribution in [0.3, 0.4) is 0 Å². The molecule has 4 nitrogen and oxygen atoms in total. The molecule has 1 aromatic rings. The lowest BCUT2D eigenvalue weighted by Gasteiger charge is -2.27. The zero-order valence-electron chi connectivity index (χ0n) is 15.4. The van der Waals surface area contributed by atoms with Crippen LogP contribution in [-0.4, -0.2) is 61.1 Å². The smallest absolute Gasteiger partial charge is 0.193 e. The van der Waals surface area contributed by atoms with Crippen LogP contribution in [0.5, 0.6) is 0 Å². The van der Waals surface area contributed by atoms with Gasteiger partial charge in [-0.05, 0) is 43.6 Å². The number of likely N-dealkylation sites (N-methyl/N-ethyl adjacent to an activating group) is 1. The molecule has 0 spiro atoms. The van der Waals surface area contributed by atoms with E-state index in [2.05, 4.69) is 46.1 Å². The maximum atomic E-state index is 6.12. The Hall–Kier alpha value is -0.530. The molecule has 3 rings (SSSR count). The van der Waals surface area contributed by atoms with E-state index in [0.717, 1.165) is 43.6 Å². The Morgan fingerprint density at radius 3 is 2.76 bits per heavy atom. The average Bonchev–Trinajstić information content (AvgIpc) is 3.20. The standard InChI is InChI=1S/C19H29ClN4.HI/c1-4-23(5-2)16-9-10-24(13-16)19(21-3)22-18-12-17(18)14-7-6-8-15(20)11-14;/h6-8,11,16-18H,4-5,9-10,12-13H2,1-3H3,(H,21,22);1H. The van der Waals surface area contributed by atoms with Crippen LogP contribution in [0.2, 0.25) is 5.02 Å². The lowest BCUT2D eigenvalue weighted by atomic mass is 10.1. The number of halogens is 2. The van der Waals surface area contributed by atoms with Crippen LogP contribution in [-0.2, 0) is 0 Å². The van der Waals surface area contributed by atoms with Crippen LogP contribution >= 0.6 is 35.6 Å². The molecule has 140 valence electrons. The molecule has 1 saturated carbocycles. The number of nitrogens with one attached hydrogen (secondary N) is 1. The number of nitrogens with zero attached hydrogens (tertiary/aromatic N) is 3. The van der Waals surface area contributed by atoms with E-state index < -0.39 is 0 Å². The molecule has 25 heavy (non-hydrogen) atoms. The highest BCUT2D eigenvalue weighted by molar-refractivity contribution is 14.0. The van der Waals surface area contributed by atoms with E-state index in [1.165, 1.54) is 12.0 Å². The number of benzene rings is 1. The SMILES string of the molecule is CCN(CC)C1CCN(C(=NC)NC2CC2c2cccc(Cl)c2)C1.I. The van der Waals surface area contributed by atoms with Crippen LogP contribution in [0, 0.1) is 0 Å². The molecular weight excluding hydrogens is 447 g/mol. The summed E-state index contributed by atoms with van der Waals surface area (Å²) < 4.78 is 0. The summed E-state index contributed by atoms with van der Waals surface area (Å²) in [5, 5.41) is 4.48. The summed E-state index contributed by atoms with van der Waals surface area (Å²) in [6.07, 6.45) is 2.39. The van der Waals surface area contributed by atoms with E-state index in [4.69, 9.17) is 11.6 Å². The maximum Gasteiger partial charge on any atom is 0.193 e. The molecule has 2 fully saturated rings. The lowest BCUT2D eigenvalue weighted by Crippen LogP contribution is -2.44. The van der Waals surface area contributed by atoms with E-state index in [0.29, 0.717) is 18.0 Å². The molecule has 0 aromatic heterocycles. The molecule has 1 N–H and O–H groups in total. The van der Waals surface area contributed by atoms with Crippen molar-refractivity contribution in [2.24, 2.45) is 4.99 Å². The van der Waals surface area contributed by atoms with Gasteiger partial charge in [0.2, 0.25) is 0 Å². The second-order valence-corrected chi connectivity index (χ2v) is 7.24. The van der Waals surface area contributed by atoms with Gasteiger partial charge in [-0.3, -0.25) is 9.89 Å². The molecule has 0 amide bonds. The Morgan fingerprint density at radius 2 is 2.12 bits per heavy atom. The molecule has 1 heterocycles. The fourth-order valence-corrected chi connectivity index (χ4v) is 4.09. The maximum absolute atomic E-state index is 6.12. The Balaban J connectivity index is 0.00000225. The molecule has 3 atom stereocenters. The summed E-state index contributed by atoms with van der Waals surface area (Å²) in [5.74, 6) is 1.61. The summed E-state index contributed by atoms with van der Waals surface area (Å²) in [6, 6.07) is 9.37. The van der Waals surface area contributed by atoms with Crippen molar-refractivity contribution in [2.75, 3.05) is 33.2 Å². The van der Waals surface area contributed by atoms with Crippen molar-refractivity contribution in [2.45, 2.75) is 44.7 Å². The van der Waals surface area contributed by atoms with Crippen molar-refractivity contribution in [1.29, 1.82) is 0 Å². The van der Waals surface area contributed by atoms with Gasteiger partial charge in [0.05, 0.1) is 0 Å². The van der Waals surface area contributed by atoms with Crippen LogP contribution in [0.25, 0.3) is 0 Å². The van der Waals surface area contributed by atoms with Gasteiger partial charge in [-0.15, -0.1) is 24.0 Å². The zero-order valence-corrected chi connectivity index (χ0v) is 18.5. The minimum Gasteiger partial charge on any atom is -0.353 e. The predicted molar refractivity (Wildman–Crippen MR) is 117 cm³/mol. The average molecular weight is 477 g/mol. The number of hydrogen-bond donors (Lipinski definition) is 1. The summed E-state index contributed by atoms with van der Waals surface area (Å²) >= 11 is 6.12. The first-order valence-electron chi connectivity index (χ1n) is 9.14. The van der Waals surface area contributed by atoms with Gasteiger partial charge in [-0.25, -0.2) is 0 Å². The van der Waals surface area contributed by atoms with E-state index >= 15 is 0 Å². The Kier molecular flexibility index (Phi) is 7.83. The van der Waals surface area contributed by atoms with Gasteiger partial charge in [-0.2, -0.15) is 0 Å². The molecule has 1 aliphatic carbocycles. The Labute approximate surface area is 174 Å². The summed E-state index contributed by atoms with van der Waals surface area (Å²) in [5.41, 5.74) is 1.33. The van der Waals surface area contributed by atoms with Crippen molar-refractivity contribution in [3.63, 3.8) is 0 Å². The van der Waals surface area contributed by atoms with Gasteiger partial charge in [0.15, 0.2) is 5.96 Å². The summed E-state index contributed by atoms with van der Waals surface area (Å²) in [4.78, 5) is 9.50. The monoisotopic (exact) mass is 476 g/mol. The number of guanidine groups is 1. The normalized spacial score (nSPS) is 25.9. The van der Waals surface area contributed by atoms with Gasteiger partial charge in [0.1, 0.15) is 0 Å². The highest BCUT2D eigenvalue weighted by Crippen LogP contribution is 2.41. The van der Waals surface area contributed by atoms with E-state index in [1.807, 2.05) is 19.2 Å². The Morgan fingerprint density at radius 1 is 1.36 bits per heavy atom. The van der Waals surface area contributed by atoms with Crippen molar-refractivity contribution < 1.29 is 0 Å². The highest BCUT2D eigenvalue weighted by atomic mass is 127. The topological polar surface area (TPSA) is 30.9 Å². The van der Waals surface area contributed by atoms with E-state index in [9.17, 15) is 0 Å². The fourth-order valence-electron chi connectivity index (χ4n) is 3.90. The third-order valence-electron chi connectivity index (χ3n) is 5.39. The van der Waals surface area contributed by atoms with Gasteiger partial charge < -0.3 is 10.2 Å². The zero-order chi connectivity index (χ0) is 17.1. The van der Waals surface area contributed by atoms with Gasteiger partial charge in [0, 0.05) is 43.2 Å². The van der Waals surface area contributed by atoms with Crippen LogP contribution in [0.1, 0.15) is 38.2 Å². The lowest BCUT2D eigenvalue weighted by molar-refractivity contribution is 0.223. The molecule has 0 bridgehead atoms. The third-order valence-corrected chi connectivity index (χ3v) is 5.62. The molecular formula is C19H30ClIN4. The number of hydrogen-bond acceptors (Lipinski definition) is 2. The number of aliphatic imine (C=N–C) groups is 1. The summed E-state index contributed by atoms with van der Waals surface area (Å²) in [6.45, 7) is 8.92. The third kappa shape index (κ3) is 5.01. The highest BCUT2D eigenvalue weighted by Gasteiger charge is 2.40. The van der Waals surface area contributed by atoms with Crippen molar-refractivity contribution in [1.82, 2.24) is 15.1 Å². The minimum atomic E-state index is 0. The molecule has 1 saturated heterocycles. The molecule has 1 aliphatic heterocycles. The number of likely N-dealkylation sites (tertiary alicyclic amines) is 1. The van der Waals surface area contributed by atoms with Gasteiger partial charge in [-0.1, -0.05) is 37.6 Å². The first-order valence-corrected chi connectivity index (χ1v) is 9.51. The van der Waals surface area contributed by atoms with Crippen molar-refractivity contribution in [3.8, 4) is 0 Å². The molecule has 3 unspecified atom stereocenters. The van der Waals surface area contributed by atoms with Crippen molar-refractivity contribution in [3.05, 3.63) is 34.9 Å². The predicted octanol–water partition coefficient (Wildman–Crippen LogP) is 3.81. The minimum absolute atomic E-state index is 0. The second-order valence-electron chi connectivity index (χ2n) is 6.80. The summed E-state index contributed by atoms with van der Waals surface area (Å²) in [7, 11) is 1.89. The first-order chi connectivity index (χ1) is 11.7. The Bertz CT molecular complexity index is 591. The largest absolute Gasteiger partial charge is 0.353 e. The van der Waals surface area contributed by atoms with Crippen LogP contribution in [0.4, 0.5) is 0 Å². The first kappa shape index (κ1) is 20.8. The van der Waals surface area contributed by atoms with Gasteiger partial charge in [0.25, 0.3) is 0 Å². The van der Waals surface area contributed by atoms with Crippen LogP contribution in [0.15, 0.2) is 29.3 Å².